The SMILES string of the molecule is Cc1ccccc1C(N)CSc1ccccc1. The molecule has 2 heteroatoms. The molecule has 1 nitrogen and oxygen atoms in total. The van der Waals surface area contributed by atoms with Crippen LogP contribution in [0.4, 0.5) is 0 Å². The molecular formula is C15H17NS. The summed E-state index contributed by atoms with van der Waals surface area (Å²) < 4.78 is 0. The molecule has 1 unspecified atom stereocenters. The van der Waals surface area contributed by atoms with E-state index in [9.17, 15) is 0 Å². The van der Waals surface area contributed by atoms with Gasteiger partial charge in [0.05, 0.1) is 0 Å². The number of nitrogens with two attached hydrogens (primary N) is 1. The molecule has 17 heavy (non-hydrogen) atoms. The van der Waals surface area contributed by atoms with Gasteiger partial charge < -0.3 is 5.73 Å². The molecule has 0 aliphatic heterocycles. The van der Waals surface area contributed by atoms with Gasteiger partial charge in [0.1, 0.15) is 0 Å². The molecule has 0 fully saturated rings. The van der Waals surface area contributed by atoms with Gasteiger partial charge >= 0.3 is 0 Å². The summed E-state index contributed by atoms with van der Waals surface area (Å²) in [6, 6.07) is 18.8. The lowest BCUT2D eigenvalue weighted by atomic mass is 10.0. The van der Waals surface area contributed by atoms with E-state index in [2.05, 4.69) is 55.5 Å². The Morgan fingerprint density at radius 3 is 2.35 bits per heavy atom. The van der Waals surface area contributed by atoms with E-state index < -0.39 is 0 Å². The van der Waals surface area contributed by atoms with Gasteiger partial charge in [0.15, 0.2) is 0 Å². The maximum atomic E-state index is 6.22. The Bertz CT molecular complexity index is 467. The van der Waals surface area contributed by atoms with Crippen molar-refractivity contribution in [2.24, 2.45) is 5.73 Å². The minimum Gasteiger partial charge on any atom is -0.323 e. The summed E-state index contributed by atoms with van der Waals surface area (Å²) in [5.41, 5.74) is 8.74. The summed E-state index contributed by atoms with van der Waals surface area (Å²) in [5, 5.41) is 0. The quantitative estimate of drug-likeness (QED) is 0.827. The van der Waals surface area contributed by atoms with Crippen LogP contribution in [0.1, 0.15) is 17.2 Å². The molecule has 0 aliphatic carbocycles. The van der Waals surface area contributed by atoms with Crippen molar-refractivity contribution in [1.29, 1.82) is 0 Å². The van der Waals surface area contributed by atoms with E-state index in [-0.39, 0.29) is 6.04 Å². The summed E-state index contributed by atoms with van der Waals surface area (Å²) in [6.07, 6.45) is 0. The smallest absolute Gasteiger partial charge is 0.0392 e. The average Bonchev–Trinajstić information content (AvgIpc) is 2.38. The highest BCUT2D eigenvalue weighted by atomic mass is 32.2. The topological polar surface area (TPSA) is 26.0 Å². The van der Waals surface area contributed by atoms with E-state index in [1.807, 2.05) is 17.8 Å². The molecule has 0 saturated heterocycles. The lowest BCUT2D eigenvalue weighted by molar-refractivity contribution is 0.823. The molecule has 0 saturated carbocycles. The van der Waals surface area contributed by atoms with Crippen molar-refractivity contribution in [3.05, 3.63) is 65.7 Å². The fourth-order valence-electron chi connectivity index (χ4n) is 1.80. The lowest BCUT2D eigenvalue weighted by Crippen LogP contribution is -2.14. The number of benzene rings is 2. The standard InChI is InChI=1S/C15H17NS/c1-12-7-5-6-10-14(12)15(16)11-17-13-8-3-2-4-9-13/h2-10,15H,11,16H2,1H3. The van der Waals surface area contributed by atoms with Gasteiger partial charge in [0, 0.05) is 16.7 Å². The Morgan fingerprint density at radius 1 is 1.00 bits per heavy atom. The summed E-state index contributed by atoms with van der Waals surface area (Å²) in [4.78, 5) is 1.27. The van der Waals surface area contributed by atoms with E-state index >= 15 is 0 Å². The molecule has 2 aromatic carbocycles. The molecule has 0 heterocycles. The van der Waals surface area contributed by atoms with Crippen LogP contribution in [-0.4, -0.2) is 5.75 Å². The first-order valence-corrected chi connectivity index (χ1v) is 6.75. The van der Waals surface area contributed by atoms with Crippen LogP contribution >= 0.6 is 11.8 Å². The molecule has 0 amide bonds. The average molecular weight is 243 g/mol. The molecule has 1 atom stereocenters. The van der Waals surface area contributed by atoms with Crippen LogP contribution in [0.5, 0.6) is 0 Å². The first kappa shape index (κ1) is 12.2. The Hall–Kier alpha value is -1.25. The second kappa shape index (κ2) is 5.89. The van der Waals surface area contributed by atoms with Crippen LogP contribution in [0, 0.1) is 6.92 Å². The number of aryl methyl sites for hydroxylation is 1. The van der Waals surface area contributed by atoms with Crippen LogP contribution in [-0.2, 0) is 0 Å². The molecule has 2 aromatic rings. The largest absolute Gasteiger partial charge is 0.323 e. The van der Waals surface area contributed by atoms with Gasteiger partial charge in [-0.1, -0.05) is 42.5 Å². The minimum atomic E-state index is 0.0985. The van der Waals surface area contributed by atoms with Crippen molar-refractivity contribution in [2.45, 2.75) is 17.9 Å². The molecule has 88 valence electrons. The zero-order chi connectivity index (χ0) is 12.1. The van der Waals surface area contributed by atoms with Gasteiger partial charge in [-0.25, -0.2) is 0 Å². The van der Waals surface area contributed by atoms with Crippen molar-refractivity contribution in [3.8, 4) is 0 Å². The predicted octanol–water partition coefficient (Wildman–Crippen LogP) is 3.79. The summed E-state index contributed by atoms with van der Waals surface area (Å²) in [7, 11) is 0. The van der Waals surface area contributed by atoms with E-state index in [0.29, 0.717) is 0 Å². The number of thioether (sulfide) groups is 1. The van der Waals surface area contributed by atoms with Gasteiger partial charge in [0.2, 0.25) is 0 Å². The molecular weight excluding hydrogens is 226 g/mol. The Kier molecular flexibility index (Phi) is 4.24. The second-order valence-electron chi connectivity index (χ2n) is 4.09. The molecule has 2 N–H and O–H groups in total. The fraction of sp³-hybridized carbons (Fsp3) is 0.200. The molecule has 0 aliphatic rings. The van der Waals surface area contributed by atoms with E-state index in [1.54, 1.807) is 0 Å². The molecule has 2 rings (SSSR count). The lowest BCUT2D eigenvalue weighted by Gasteiger charge is -2.14. The van der Waals surface area contributed by atoms with Crippen LogP contribution in [0.25, 0.3) is 0 Å². The minimum absolute atomic E-state index is 0.0985. The van der Waals surface area contributed by atoms with E-state index in [4.69, 9.17) is 5.73 Å². The zero-order valence-corrected chi connectivity index (χ0v) is 10.8. The number of rotatable bonds is 4. The van der Waals surface area contributed by atoms with Crippen LogP contribution in [0.2, 0.25) is 0 Å². The Balaban J connectivity index is 1.99. The third kappa shape index (κ3) is 3.35. The summed E-state index contributed by atoms with van der Waals surface area (Å²) in [5.74, 6) is 0.912. The van der Waals surface area contributed by atoms with Crippen molar-refractivity contribution < 1.29 is 0 Å². The van der Waals surface area contributed by atoms with Crippen molar-refractivity contribution in [2.75, 3.05) is 5.75 Å². The highest BCUT2D eigenvalue weighted by Gasteiger charge is 2.08. The van der Waals surface area contributed by atoms with E-state index in [0.717, 1.165) is 5.75 Å². The summed E-state index contributed by atoms with van der Waals surface area (Å²) >= 11 is 1.81. The van der Waals surface area contributed by atoms with Crippen LogP contribution < -0.4 is 5.73 Å². The van der Waals surface area contributed by atoms with Crippen LogP contribution in [0.15, 0.2) is 59.5 Å². The van der Waals surface area contributed by atoms with Gasteiger partial charge in [-0.3, -0.25) is 0 Å². The fourth-order valence-corrected chi connectivity index (χ4v) is 2.70. The molecule has 0 radical (unpaired) electrons. The molecule has 0 aromatic heterocycles. The zero-order valence-electron chi connectivity index (χ0n) is 9.97. The van der Waals surface area contributed by atoms with Gasteiger partial charge in [-0.15, -0.1) is 11.8 Å². The Labute approximate surface area is 107 Å². The van der Waals surface area contributed by atoms with Gasteiger partial charge in [0.25, 0.3) is 0 Å². The highest BCUT2D eigenvalue weighted by molar-refractivity contribution is 7.99. The maximum Gasteiger partial charge on any atom is 0.0392 e. The van der Waals surface area contributed by atoms with Crippen molar-refractivity contribution >= 4 is 11.8 Å². The first-order chi connectivity index (χ1) is 8.27. The van der Waals surface area contributed by atoms with Gasteiger partial charge in [-0.05, 0) is 30.2 Å². The van der Waals surface area contributed by atoms with Gasteiger partial charge in [-0.2, -0.15) is 0 Å². The third-order valence-electron chi connectivity index (χ3n) is 2.76. The van der Waals surface area contributed by atoms with Crippen LogP contribution in [0.3, 0.4) is 0 Å². The number of hydrogen-bond donors (Lipinski definition) is 1. The van der Waals surface area contributed by atoms with Crippen molar-refractivity contribution in [1.82, 2.24) is 0 Å². The summed E-state index contributed by atoms with van der Waals surface area (Å²) in [6.45, 7) is 2.11. The van der Waals surface area contributed by atoms with E-state index in [1.165, 1.54) is 16.0 Å². The predicted molar refractivity (Wildman–Crippen MR) is 75.3 cm³/mol. The highest BCUT2D eigenvalue weighted by Crippen LogP contribution is 2.24. The Morgan fingerprint density at radius 2 is 1.65 bits per heavy atom. The molecule has 0 bridgehead atoms. The number of hydrogen-bond acceptors (Lipinski definition) is 2. The normalized spacial score (nSPS) is 12.4. The molecule has 0 spiro atoms. The maximum absolute atomic E-state index is 6.22. The third-order valence-corrected chi connectivity index (χ3v) is 3.89. The van der Waals surface area contributed by atoms with Crippen molar-refractivity contribution in [3.63, 3.8) is 0 Å². The monoisotopic (exact) mass is 243 g/mol. The first-order valence-electron chi connectivity index (χ1n) is 5.76. The second-order valence-corrected chi connectivity index (χ2v) is 5.18.